The molecule has 0 unspecified atom stereocenters. The van der Waals surface area contributed by atoms with Gasteiger partial charge in [-0.2, -0.15) is 0 Å². The second-order valence-corrected chi connectivity index (χ2v) is 6.43. The Morgan fingerprint density at radius 2 is 2.11 bits per heavy atom. The minimum atomic E-state index is 0.824. The van der Waals surface area contributed by atoms with E-state index in [2.05, 4.69) is 39.3 Å². The lowest BCUT2D eigenvalue weighted by Gasteiger charge is -2.07. The highest BCUT2D eigenvalue weighted by Gasteiger charge is 2.08. The Hall–Kier alpha value is -1.21. The quantitative estimate of drug-likeness (QED) is 0.826. The van der Waals surface area contributed by atoms with Gasteiger partial charge in [0.25, 0.3) is 0 Å². The van der Waals surface area contributed by atoms with E-state index in [-0.39, 0.29) is 0 Å². The molecule has 0 radical (unpaired) electrons. The first-order chi connectivity index (χ1) is 9.21. The zero-order valence-electron chi connectivity index (χ0n) is 11.3. The topological polar surface area (TPSA) is 63.6 Å². The largest absolute Gasteiger partial charge is 0.370 e. The Kier molecular flexibility index (Phi) is 5.09. The van der Waals surface area contributed by atoms with Crippen LogP contribution in [0.3, 0.4) is 0 Å². The minimum Gasteiger partial charge on any atom is -0.370 e. The smallest absolute Gasteiger partial charge is 0.180 e. The predicted molar refractivity (Wildman–Crippen MR) is 79.0 cm³/mol. The van der Waals surface area contributed by atoms with Gasteiger partial charge in [0.1, 0.15) is 21.7 Å². The number of aromatic nitrogens is 4. The summed E-state index contributed by atoms with van der Waals surface area (Å²) in [5.41, 5.74) is 0. The zero-order valence-corrected chi connectivity index (χ0v) is 12.9. The summed E-state index contributed by atoms with van der Waals surface area (Å²) in [7, 11) is 0. The maximum Gasteiger partial charge on any atom is 0.180 e. The van der Waals surface area contributed by atoms with Crippen molar-refractivity contribution < 1.29 is 0 Å². The van der Waals surface area contributed by atoms with Gasteiger partial charge >= 0.3 is 0 Å². The summed E-state index contributed by atoms with van der Waals surface area (Å²) in [6.45, 7) is 7.06. The van der Waals surface area contributed by atoms with Crippen LogP contribution in [0.4, 0.5) is 5.82 Å². The van der Waals surface area contributed by atoms with Gasteiger partial charge in [-0.05, 0) is 25.1 Å². The molecule has 0 spiro atoms. The van der Waals surface area contributed by atoms with Crippen LogP contribution in [-0.4, -0.2) is 26.7 Å². The average molecular weight is 295 g/mol. The molecule has 0 aromatic carbocycles. The highest BCUT2D eigenvalue weighted by molar-refractivity contribution is 8.01. The van der Waals surface area contributed by atoms with E-state index in [9.17, 15) is 0 Å². The average Bonchev–Trinajstić information content (AvgIpc) is 2.81. The number of rotatable bonds is 6. The minimum absolute atomic E-state index is 0.824. The van der Waals surface area contributed by atoms with E-state index in [1.54, 1.807) is 11.3 Å². The molecule has 0 amide bonds. The summed E-state index contributed by atoms with van der Waals surface area (Å²) in [5.74, 6) is 1.74. The first kappa shape index (κ1) is 14.2. The first-order valence-electron chi connectivity index (χ1n) is 6.31. The second kappa shape index (κ2) is 6.81. The summed E-state index contributed by atoms with van der Waals surface area (Å²) in [6, 6.07) is 1.97. The van der Waals surface area contributed by atoms with Crippen molar-refractivity contribution in [2.75, 3.05) is 11.9 Å². The Balaban J connectivity index is 2.18. The van der Waals surface area contributed by atoms with Crippen LogP contribution < -0.4 is 5.32 Å². The highest BCUT2D eigenvalue weighted by Crippen LogP contribution is 2.29. The fourth-order valence-corrected chi connectivity index (χ4v) is 3.22. The van der Waals surface area contributed by atoms with Crippen molar-refractivity contribution in [3.8, 4) is 0 Å². The number of hydrogen-bond acceptors (Lipinski definition) is 7. The van der Waals surface area contributed by atoms with E-state index < -0.39 is 0 Å². The fraction of sp³-hybridized carbons (Fsp3) is 0.500. The van der Waals surface area contributed by atoms with Gasteiger partial charge in [0, 0.05) is 19.0 Å². The van der Waals surface area contributed by atoms with Crippen LogP contribution in [-0.2, 0) is 6.42 Å². The maximum atomic E-state index is 4.52. The number of hydrogen-bond donors (Lipinski definition) is 1. The lowest BCUT2D eigenvalue weighted by Crippen LogP contribution is -2.05. The van der Waals surface area contributed by atoms with Gasteiger partial charge in [0.05, 0.1) is 0 Å². The van der Waals surface area contributed by atoms with E-state index >= 15 is 0 Å². The van der Waals surface area contributed by atoms with Crippen molar-refractivity contribution in [3.05, 3.63) is 16.9 Å². The van der Waals surface area contributed by atoms with Crippen molar-refractivity contribution in [1.29, 1.82) is 0 Å². The molecule has 7 heteroatoms. The Morgan fingerprint density at radius 1 is 1.26 bits per heavy atom. The Labute approximate surface area is 121 Å². The molecule has 0 bridgehead atoms. The molecule has 0 saturated carbocycles. The predicted octanol–water partition coefficient (Wildman–Crippen LogP) is 3.17. The van der Waals surface area contributed by atoms with Gasteiger partial charge in [-0.15, -0.1) is 10.2 Å². The van der Waals surface area contributed by atoms with E-state index in [1.165, 1.54) is 11.8 Å². The lowest BCUT2D eigenvalue weighted by atomic mass is 10.4. The number of nitrogens with one attached hydrogen (secondary N) is 1. The number of aryl methyl sites for hydroxylation is 2. The molecule has 19 heavy (non-hydrogen) atoms. The third-order valence-electron chi connectivity index (χ3n) is 2.32. The van der Waals surface area contributed by atoms with Gasteiger partial charge in [-0.1, -0.05) is 25.2 Å². The molecule has 0 atom stereocenters. The van der Waals surface area contributed by atoms with Gasteiger partial charge in [0.15, 0.2) is 4.34 Å². The molecule has 0 aliphatic heterocycles. The third-order valence-corrected chi connectivity index (χ3v) is 4.13. The molecule has 2 heterocycles. The van der Waals surface area contributed by atoms with Crippen LogP contribution in [0.5, 0.6) is 0 Å². The Morgan fingerprint density at radius 3 is 2.74 bits per heavy atom. The summed E-state index contributed by atoms with van der Waals surface area (Å²) in [6.07, 6.45) is 1.90. The third kappa shape index (κ3) is 4.14. The van der Waals surface area contributed by atoms with Crippen molar-refractivity contribution in [2.45, 2.75) is 43.0 Å². The van der Waals surface area contributed by atoms with Crippen LogP contribution in [0.1, 0.15) is 31.1 Å². The summed E-state index contributed by atoms with van der Waals surface area (Å²) in [4.78, 5) is 8.98. The summed E-state index contributed by atoms with van der Waals surface area (Å²) in [5, 5.41) is 13.3. The Bertz CT molecular complexity index is 541. The fourth-order valence-electron chi connectivity index (χ4n) is 1.44. The van der Waals surface area contributed by atoms with E-state index in [0.717, 1.165) is 45.4 Å². The molecule has 2 rings (SSSR count). The molecule has 2 aromatic heterocycles. The van der Waals surface area contributed by atoms with Crippen LogP contribution >= 0.6 is 23.1 Å². The van der Waals surface area contributed by atoms with Crippen molar-refractivity contribution >= 4 is 28.9 Å². The zero-order chi connectivity index (χ0) is 13.7. The number of anilines is 1. The normalized spacial score (nSPS) is 10.7. The highest BCUT2D eigenvalue weighted by atomic mass is 32.2. The molecule has 0 aliphatic rings. The van der Waals surface area contributed by atoms with E-state index in [1.807, 2.05) is 13.0 Å². The molecule has 2 aromatic rings. The molecular weight excluding hydrogens is 278 g/mol. The molecule has 1 N–H and O–H groups in total. The van der Waals surface area contributed by atoms with E-state index in [4.69, 9.17) is 0 Å². The lowest BCUT2D eigenvalue weighted by molar-refractivity contribution is 0.876. The molecular formula is C12H17N5S2. The van der Waals surface area contributed by atoms with Crippen LogP contribution in [0, 0.1) is 6.92 Å². The summed E-state index contributed by atoms with van der Waals surface area (Å²) < 4.78 is 0.916. The maximum absolute atomic E-state index is 4.52. The van der Waals surface area contributed by atoms with Crippen molar-refractivity contribution in [1.82, 2.24) is 20.2 Å². The molecule has 0 aliphatic carbocycles. The van der Waals surface area contributed by atoms with Gasteiger partial charge in [-0.25, -0.2) is 9.97 Å². The first-order valence-corrected chi connectivity index (χ1v) is 7.94. The summed E-state index contributed by atoms with van der Waals surface area (Å²) >= 11 is 3.12. The second-order valence-electron chi connectivity index (χ2n) is 3.98. The number of nitrogens with zero attached hydrogens (tertiary/aromatic N) is 4. The van der Waals surface area contributed by atoms with Crippen LogP contribution in [0.15, 0.2) is 15.4 Å². The van der Waals surface area contributed by atoms with Crippen LogP contribution in [0.2, 0.25) is 0 Å². The SMILES string of the molecule is CCCNc1cc(Sc2nnc(C)s2)nc(CC)n1. The van der Waals surface area contributed by atoms with E-state index in [0.29, 0.717) is 0 Å². The van der Waals surface area contributed by atoms with Crippen molar-refractivity contribution in [2.24, 2.45) is 0 Å². The molecule has 102 valence electrons. The van der Waals surface area contributed by atoms with Crippen LogP contribution in [0.25, 0.3) is 0 Å². The van der Waals surface area contributed by atoms with Gasteiger partial charge in [-0.3, -0.25) is 0 Å². The monoisotopic (exact) mass is 295 g/mol. The molecule has 5 nitrogen and oxygen atoms in total. The molecule has 0 saturated heterocycles. The van der Waals surface area contributed by atoms with Gasteiger partial charge in [0.2, 0.25) is 0 Å². The van der Waals surface area contributed by atoms with Crippen molar-refractivity contribution in [3.63, 3.8) is 0 Å². The van der Waals surface area contributed by atoms with Gasteiger partial charge < -0.3 is 5.32 Å². The molecule has 0 fully saturated rings. The standard InChI is InChI=1S/C12H17N5S2/c1-4-6-13-10-7-11(15-9(5-2)14-10)19-12-17-16-8(3)18-12/h7H,4-6H2,1-3H3,(H,13,14,15).